The fourth-order valence-corrected chi connectivity index (χ4v) is 1.85. The van der Waals surface area contributed by atoms with E-state index in [1.807, 2.05) is 5.38 Å². The number of nitrogens with zero attached hydrogens (tertiary/aromatic N) is 1. The Morgan fingerprint density at radius 1 is 1.75 bits per heavy atom. The van der Waals surface area contributed by atoms with E-state index >= 15 is 0 Å². The molecule has 1 rings (SSSR count). The third-order valence-electron chi connectivity index (χ3n) is 1.92. The highest BCUT2D eigenvalue weighted by Crippen LogP contribution is 2.22. The van der Waals surface area contributed by atoms with Gasteiger partial charge >= 0.3 is 0 Å². The molecule has 3 heteroatoms. The maximum Gasteiger partial charge on any atom is 0.178 e. The molecule has 1 atom stereocenters. The Bertz CT molecular complexity index is 280. The highest BCUT2D eigenvalue weighted by Gasteiger charge is 2.10. The van der Waals surface area contributed by atoms with Crippen LogP contribution in [0.2, 0.25) is 0 Å². The number of hydrogen-bond acceptors (Lipinski definition) is 3. The average molecular weight is 183 g/mol. The van der Waals surface area contributed by atoms with Crippen LogP contribution in [-0.2, 0) is 0 Å². The maximum atomic E-state index is 10.9. The minimum atomic E-state index is 0.0563. The topological polar surface area (TPSA) is 30.0 Å². The van der Waals surface area contributed by atoms with Crippen LogP contribution in [0.1, 0.15) is 48.6 Å². The zero-order valence-electron chi connectivity index (χ0n) is 7.63. The maximum absolute atomic E-state index is 10.9. The third kappa shape index (κ3) is 1.91. The van der Waals surface area contributed by atoms with Gasteiger partial charge in [0.2, 0.25) is 0 Å². The Morgan fingerprint density at radius 2 is 2.42 bits per heavy atom. The molecule has 0 saturated heterocycles. The molecule has 1 unspecified atom stereocenters. The third-order valence-corrected chi connectivity index (χ3v) is 2.99. The molecule has 0 aliphatic carbocycles. The second-order valence-corrected chi connectivity index (χ2v) is 3.83. The molecule has 0 N–H and O–H groups in total. The van der Waals surface area contributed by atoms with E-state index in [1.54, 1.807) is 18.3 Å². The number of thiazole rings is 1. The number of carbonyl (C=O) groups is 1. The second-order valence-electron chi connectivity index (χ2n) is 2.94. The summed E-state index contributed by atoms with van der Waals surface area (Å²) in [6.45, 7) is 5.80. The van der Waals surface area contributed by atoms with Crippen LogP contribution in [0.5, 0.6) is 0 Å². The van der Waals surface area contributed by atoms with Gasteiger partial charge in [-0.05, 0) is 6.42 Å². The van der Waals surface area contributed by atoms with Gasteiger partial charge in [0.1, 0.15) is 5.69 Å². The smallest absolute Gasteiger partial charge is 0.178 e. The van der Waals surface area contributed by atoms with E-state index in [9.17, 15) is 4.79 Å². The minimum Gasteiger partial charge on any atom is -0.293 e. The summed E-state index contributed by atoms with van der Waals surface area (Å²) < 4.78 is 0. The van der Waals surface area contributed by atoms with Crippen molar-refractivity contribution in [2.45, 2.75) is 33.1 Å². The van der Waals surface area contributed by atoms with E-state index in [4.69, 9.17) is 0 Å². The van der Waals surface area contributed by atoms with Crippen molar-refractivity contribution < 1.29 is 4.79 Å². The predicted molar refractivity (Wildman–Crippen MR) is 50.8 cm³/mol. The quantitative estimate of drug-likeness (QED) is 0.674. The molecule has 1 aromatic rings. The van der Waals surface area contributed by atoms with Gasteiger partial charge in [0, 0.05) is 18.2 Å². The lowest BCUT2D eigenvalue weighted by molar-refractivity contribution is 0.101. The van der Waals surface area contributed by atoms with E-state index in [0.29, 0.717) is 11.6 Å². The van der Waals surface area contributed by atoms with Crippen molar-refractivity contribution in [3.05, 3.63) is 16.1 Å². The molecule has 1 aromatic heterocycles. The summed E-state index contributed by atoms with van der Waals surface area (Å²) in [5, 5.41) is 2.91. The van der Waals surface area contributed by atoms with Crippen molar-refractivity contribution in [2.75, 3.05) is 0 Å². The van der Waals surface area contributed by atoms with Gasteiger partial charge < -0.3 is 0 Å². The Labute approximate surface area is 76.6 Å². The first-order valence-corrected chi connectivity index (χ1v) is 4.99. The Morgan fingerprint density at radius 3 is 2.83 bits per heavy atom. The molecule has 0 aliphatic rings. The van der Waals surface area contributed by atoms with Crippen molar-refractivity contribution in [1.82, 2.24) is 4.98 Å². The van der Waals surface area contributed by atoms with Crippen LogP contribution < -0.4 is 0 Å². The van der Waals surface area contributed by atoms with Gasteiger partial charge in [-0.25, -0.2) is 4.98 Å². The number of aromatic nitrogens is 1. The SMILES string of the molecule is CCC(C)c1nc(C(C)=O)cs1. The van der Waals surface area contributed by atoms with E-state index in [1.165, 1.54) is 0 Å². The van der Waals surface area contributed by atoms with Crippen molar-refractivity contribution in [3.8, 4) is 0 Å². The van der Waals surface area contributed by atoms with Crippen molar-refractivity contribution in [2.24, 2.45) is 0 Å². The molecular formula is C9H13NOS. The molecule has 0 radical (unpaired) electrons. The molecule has 1 heterocycles. The second kappa shape index (κ2) is 3.81. The summed E-state index contributed by atoms with van der Waals surface area (Å²) in [5.74, 6) is 0.531. The molecule has 0 amide bonds. The summed E-state index contributed by atoms with van der Waals surface area (Å²) in [5.41, 5.74) is 0.607. The van der Waals surface area contributed by atoms with Gasteiger partial charge in [0.15, 0.2) is 5.78 Å². The molecule has 0 spiro atoms. The lowest BCUT2D eigenvalue weighted by Gasteiger charge is -2.01. The lowest BCUT2D eigenvalue weighted by Crippen LogP contribution is -1.95. The van der Waals surface area contributed by atoms with E-state index in [-0.39, 0.29) is 5.78 Å². The average Bonchev–Trinajstić information content (AvgIpc) is 2.51. The highest BCUT2D eigenvalue weighted by molar-refractivity contribution is 7.09. The van der Waals surface area contributed by atoms with Crippen LogP contribution in [-0.4, -0.2) is 10.8 Å². The molecule has 66 valence electrons. The number of Topliss-reactive ketones (excluding diaryl/α,β-unsaturated/α-hetero) is 1. The fourth-order valence-electron chi connectivity index (χ4n) is 0.850. The molecule has 0 fully saturated rings. The first-order valence-electron chi connectivity index (χ1n) is 4.11. The van der Waals surface area contributed by atoms with Crippen LogP contribution in [0.15, 0.2) is 5.38 Å². The number of hydrogen-bond donors (Lipinski definition) is 0. The Kier molecular flexibility index (Phi) is 2.98. The predicted octanol–water partition coefficient (Wildman–Crippen LogP) is 2.86. The van der Waals surface area contributed by atoms with Gasteiger partial charge in [-0.2, -0.15) is 0 Å². The molecule has 0 aromatic carbocycles. The minimum absolute atomic E-state index is 0.0563. The summed E-state index contributed by atoms with van der Waals surface area (Å²) in [7, 11) is 0. The molecule has 0 bridgehead atoms. The van der Waals surface area contributed by atoms with Gasteiger partial charge in [-0.1, -0.05) is 13.8 Å². The van der Waals surface area contributed by atoms with Crippen LogP contribution in [0.3, 0.4) is 0 Å². The fraction of sp³-hybridized carbons (Fsp3) is 0.556. The molecule has 0 saturated carbocycles. The molecule has 0 aliphatic heterocycles. The van der Waals surface area contributed by atoms with Crippen LogP contribution in [0.25, 0.3) is 0 Å². The normalized spacial score (nSPS) is 12.9. The Hall–Kier alpha value is -0.700. The zero-order valence-corrected chi connectivity index (χ0v) is 8.44. The lowest BCUT2D eigenvalue weighted by atomic mass is 10.1. The number of ketones is 1. The van der Waals surface area contributed by atoms with Gasteiger partial charge in [0.05, 0.1) is 5.01 Å². The van der Waals surface area contributed by atoms with E-state index < -0.39 is 0 Å². The number of carbonyl (C=O) groups excluding carboxylic acids is 1. The van der Waals surface area contributed by atoms with Crippen LogP contribution >= 0.6 is 11.3 Å². The van der Waals surface area contributed by atoms with Crippen LogP contribution in [0, 0.1) is 0 Å². The van der Waals surface area contributed by atoms with Gasteiger partial charge in [-0.15, -0.1) is 11.3 Å². The summed E-state index contributed by atoms with van der Waals surface area (Å²) >= 11 is 1.58. The summed E-state index contributed by atoms with van der Waals surface area (Å²) in [4.78, 5) is 15.2. The summed E-state index contributed by atoms with van der Waals surface area (Å²) in [6.07, 6.45) is 1.07. The van der Waals surface area contributed by atoms with E-state index in [0.717, 1.165) is 11.4 Å². The van der Waals surface area contributed by atoms with Crippen LogP contribution in [0.4, 0.5) is 0 Å². The van der Waals surface area contributed by atoms with Gasteiger partial charge in [-0.3, -0.25) is 4.79 Å². The monoisotopic (exact) mass is 183 g/mol. The van der Waals surface area contributed by atoms with Crippen molar-refractivity contribution >= 4 is 17.1 Å². The molecule has 2 nitrogen and oxygen atoms in total. The highest BCUT2D eigenvalue weighted by atomic mass is 32.1. The molecule has 12 heavy (non-hydrogen) atoms. The Balaban J connectivity index is 2.84. The first-order chi connectivity index (χ1) is 5.65. The largest absolute Gasteiger partial charge is 0.293 e. The first kappa shape index (κ1) is 9.39. The summed E-state index contributed by atoms with van der Waals surface area (Å²) in [6, 6.07) is 0. The van der Waals surface area contributed by atoms with Crippen molar-refractivity contribution in [1.29, 1.82) is 0 Å². The van der Waals surface area contributed by atoms with Crippen molar-refractivity contribution in [3.63, 3.8) is 0 Å². The zero-order chi connectivity index (χ0) is 9.14. The molecular weight excluding hydrogens is 170 g/mol. The standard InChI is InChI=1S/C9H13NOS/c1-4-6(2)9-10-8(5-12-9)7(3)11/h5-6H,4H2,1-3H3. The van der Waals surface area contributed by atoms with Gasteiger partial charge in [0.25, 0.3) is 0 Å². The number of rotatable bonds is 3. The van der Waals surface area contributed by atoms with E-state index in [2.05, 4.69) is 18.8 Å².